The molecule has 2 aromatic rings. The van der Waals surface area contributed by atoms with Gasteiger partial charge in [-0.15, -0.1) is 0 Å². The maximum absolute atomic E-state index is 5.95. The van der Waals surface area contributed by atoms with Crippen molar-refractivity contribution in [3.05, 3.63) is 65.2 Å². The van der Waals surface area contributed by atoms with Crippen LogP contribution in [0.4, 0.5) is 0 Å². The van der Waals surface area contributed by atoms with Crippen LogP contribution in [0.15, 0.2) is 54.6 Å². The summed E-state index contributed by atoms with van der Waals surface area (Å²) in [6.07, 6.45) is 3.43. The molecule has 128 valence electrons. The van der Waals surface area contributed by atoms with Crippen LogP contribution < -0.4 is 5.32 Å². The zero-order chi connectivity index (χ0) is 17.4. The van der Waals surface area contributed by atoms with Gasteiger partial charge in [0, 0.05) is 11.6 Å². The van der Waals surface area contributed by atoms with Crippen molar-refractivity contribution in [2.75, 3.05) is 33.7 Å². The fourth-order valence-corrected chi connectivity index (χ4v) is 2.66. The summed E-state index contributed by atoms with van der Waals surface area (Å²) in [7, 11) is 4.22. The third-order valence-electron chi connectivity index (χ3n) is 4.03. The van der Waals surface area contributed by atoms with Gasteiger partial charge in [-0.25, -0.2) is 0 Å². The fraction of sp³-hybridized carbons (Fsp3) is 0.333. The Balaban J connectivity index is 1.87. The molecule has 0 saturated heterocycles. The predicted octanol–water partition coefficient (Wildman–Crippen LogP) is 4.95. The van der Waals surface area contributed by atoms with Crippen molar-refractivity contribution in [3.63, 3.8) is 0 Å². The smallest absolute Gasteiger partial charge is 0.0406 e. The van der Waals surface area contributed by atoms with Gasteiger partial charge in [0.25, 0.3) is 0 Å². The van der Waals surface area contributed by atoms with Crippen molar-refractivity contribution in [3.8, 4) is 11.1 Å². The van der Waals surface area contributed by atoms with E-state index in [0.29, 0.717) is 0 Å². The molecular formula is C21H27ClN2. The second-order valence-electron chi connectivity index (χ2n) is 6.33. The van der Waals surface area contributed by atoms with Gasteiger partial charge in [0.2, 0.25) is 0 Å². The Morgan fingerprint density at radius 1 is 1.00 bits per heavy atom. The van der Waals surface area contributed by atoms with Gasteiger partial charge in [0.05, 0.1) is 0 Å². The van der Waals surface area contributed by atoms with E-state index in [1.165, 1.54) is 28.7 Å². The fourth-order valence-electron chi connectivity index (χ4n) is 2.53. The number of halogens is 1. The molecule has 0 unspecified atom stereocenters. The number of nitrogens with zero attached hydrogens (tertiary/aromatic N) is 1. The molecule has 0 aliphatic rings. The first-order valence-electron chi connectivity index (χ1n) is 8.45. The lowest BCUT2D eigenvalue weighted by Crippen LogP contribution is -2.21. The summed E-state index contributed by atoms with van der Waals surface area (Å²) >= 11 is 5.95. The van der Waals surface area contributed by atoms with E-state index in [1.807, 2.05) is 12.1 Å². The average Bonchev–Trinajstić information content (AvgIpc) is 2.58. The van der Waals surface area contributed by atoms with Crippen LogP contribution in [0.5, 0.6) is 0 Å². The van der Waals surface area contributed by atoms with Crippen LogP contribution >= 0.6 is 11.6 Å². The maximum atomic E-state index is 5.95. The van der Waals surface area contributed by atoms with Gasteiger partial charge in [-0.1, -0.05) is 54.1 Å². The van der Waals surface area contributed by atoms with Gasteiger partial charge < -0.3 is 10.2 Å². The molecule has 2 aromatic carbocycles. The second-order valence-corrected chi connectivity index (χ2v) is 6.77. The van der Waals surface area contributed by atoms with Crippen molar-refractivity contribution in [2.45, 2.75) is 13.3 Å². The van der Waals surface area contributed by atoms with E-state index in [-0.39, 0.29) is 0 Å². The lowest BCUT2D eigenvalue weighted by molar-refractivity contribution is 0.396. The van der Waals surface area contributed by atoms with Crippen molar-refractivity contribution in [1.82, 2.24) is 10.2 Å². The Hall–Kier alpha value is -1.61. The molecule has 0 saturated carbocycles. The molecular weight excluding hydrogens is 316 g/mol. The molecule has 0 amide bonds. The summed E-state index contributed by atoms with van der Waals surface area (Å²) in [6.45, 7) is 5.26. The standard InChI is InChI=1S/C21H27ClN2/c1-17(13-15-23-14-4-16-24(2)3)18-5-7-19(8-6-18)20-9-11-21(22)12-10-20/h5-13,23H,4,14-16H2,1-3H3/b17-13-. The van der Waals surface area contributed by atoms with Crippen LogP contribution in [0.1, 0.15) is 18.9 Å². The normalized spacial score (nSPS) is 12.0. The summed E-state index contributed by atoms with van der Waals surface area (Å²) in [6, 6.07) is 16.7. The first-order chi connectivity index (χ1) is 11.6. The molecule has 0 fully saturated rings. The molecule has 24 heavy (non-hydrogen) atoms. The molecule has 2 rings (SSSR count). The van der Waals surface area contributed by atoms with Crippen LogP contribution in [-0.2, 0) is 0 Å². The lowest BCUT2D eigenvalue weighted by atomic mass is 10.0. The zero-order valence-electron chi connectivity index (χ0n) is 14.8. The monoisotopic (exact) mass is 342 g/mol. The summed E-state index contributed by atoms with van der Waals surface area (Å²) < 4.78 is 0. The third kappa shape index (κ3) is 6.12. The molecule has 1 N–H and O–H groups in total. The van der Waals surface area contributed by atoms with Gasteiger partial charge in [0.15, 0.2) is 0 Å². The van der Waals surface area contributed by atoms with Crippen LogP contribution in [0.25, 0.3) is 16.7 Å². The van der Waals surface area contributed by atoms with E-state index < -0.39 is 0 Å². The Morgan fingerprint density at radius 2 is 1.58 bits per heavy atom. The number of allylic oxidation sites excluding steroid dienone is 1. The predicted molar refractivity (Wildman–Crippen MR) is 107 cm³/mol. The van der Waals surface area contributed by atoms with Crippen LogP contribution in [0.3, 0.4) is 0 Å². The number of hydrogen-bond acceptors (Lipinski definition) is 2. The van der Waals surface area contributed by atoms with Gasteiger partial charge in [-0.3, -0.25) is 0 Å². The number of nitrogens with one attached hydrogen (secondary N) is 1. The number of benzene rings is 2. The molecule has 0 atom stereocenters. The SMILES string of the molecule is C/C(=C/CNCCCN(C)C)c1ccc(-c2ccc(Cl)cc2)cc1. The molecule has 0 heterocycles. The van der Waals surface area contributed by atoms with E-state index in [4.69, 9.17) is 11.6 Å². The van der Waals surface area contributed by atoms with Crippen molar-refractivity contribution >= 4 is 17.2 Å². The molecule has 0 aliphatic heterocycles. The quantitative estimate of drug-likeness (QED) is 0.683. The van der Waals surface area contributed by atoms with E-state index in [9.17, 15) is 0 Å². The molecule has 0 aliphatic carbocycles. The molecule has 0 aromatic heterocycles. The second kappa shape index (κ2) is 9.63. The summed E-state index contributed by atoms with van der Waals surface area (Å²) in [5, 5.41) is 4.24. The largest absolute Gasteiger partial charge is 0.313 e. The molecule has 0 radical (unpaired) electrons. The van der Waals surface area contributed by atoms with Crippen LogP contribution in [0.2, 0.25) is 5.02 Å². The minimum absolute atomic E-state index is 0.771. The van der Waals surface area contributed by atoms with Crippen molar-refractivity contribution < 1.29 is 0 Å². The molecule has 3 heteroatoms. The Morgan fingerprint density at radius 3 is 2.17 bits per heavy atom. The van der Waals surface area contributed by atoms with Crippen molar-refractivity contribution in [1.29, 1.82) is 0 Å². The van der Waals surface area contributed by atoms with Gasteiger partial charge in [-0.2, -0.15) is 0 Å². The van der Waals surface area contributed by atoms with E-state index in [0.717, 1.165) is 24.7 Å². The molecule has 0 spiro atoms. The van der Waals surface area contributed by atoms with Crippen molar-refractivity contribution in [2.24, 2.45) is 0 Å². The maximum Gasteiger partial charge on any atom is 0.0406 e. The van der Waals surface area contributed by atoms with Gasteiger partial charge >= 0.3 is 0 Å². The minimum Gasteiger partial charge on any atom is -0.313 e. The Labute approximate surface area is 151 Å². The van der Waals surface area contributed by atoms with E-state index >= 15 is 0 Å². The first kappa shape index (κ1) is 18.7. The molecule has 2 nitrogen and oxygen atoms in total. The summed E-state index contributed by atoms with van der Waals surface area (Å²) in [5.41, 5.74) is 4.97. The average molecular weight is 343 g/mol. The van der Waals surface area contributed by atoms with Crippen LogP contribution in [-0.4, -0.2) is 38.6 Å². The number of hydrogen-bond donors (Lipinski definition) is 1. The Kier molecular flexibility index (Phi) is 7.51. The highest BCUT2D eigenvalue weighted by Crippen LogP contribution is 2.23. The highest BCUT2D eigenvalue weighted by Gasteiger charge is 2.00. The topological polar surface area (TPSA) is 15.3 Å². The Bertz CT molecular complexity index is 643. The molecule has 0 bridgehead atoms. The summed E-state index contributed by atoms with van der Waals surface area (Å²) in [4.78, 5) is 2.21. The summed E-state index contributed by atoms with van der Waals surface area (Å²) in [5.74, 6) is 0. The number of rotatable bonds is 8. The van der Waals surface area contributed by atoms with Gasteiger partial charge in [-0.05, 0) is 74.9 Å². The van der Waals surface area contributed by atoms with E-state index in [1.54, 1.807) is 0 Å². The van der Waals surface area contributed by atoms with E-state index in [2.05, 4.69) is 73.7 Å². The highest BCUT2D eigenvalue weighted by atomic mass is 35.5. The highest BCUT2D eigenvalue weighted by molar-refractivity contribution is 6.30. The van der Waals surface area contributed by atoms with Crippen LogP contribution in [0, 0.1) is 0 Å². The third-order valence-corrected chi connectivity index (χ3v) is 4.28. The lowest BCUT2D eigenvalue weighted by Gasteiger charge is -2.09. The zero-order valence-corrected chi connectivity index (χ0v) is 15.6. The first-order valence-corrected chi connectivity index (χ1v) is 8.82. The minimum atomic E-state index is 0.771. The van der Waals surface area contributed by atoms with Gasteiger partial charge in [0.1, 0.15) is 0 Å².